The largest absolute Gasteiger partial charge is 0.469 e. The first-order chi connectivity index (χ1) is 7.90. The van der Waals surface area contributed by atoms with E-state index in [9.17, 15) is 14.7 Å². The van der Waals surface area contributed by atoms with Crippen molar-refractivity contribution in [1.82, 2.24) is 0 Å². The summed E-state index contributed by atoms with van der Waals surface area (Å²) in [5, 5.41) is 10.2. The maximum absolute atomic E-state index is 12.2. The van der Waals surface area contributed by atoms with Gasteiger partial charge in [-0.15, -0.1) is 11.6 Å². The molecule has 3 rings (SSSR count). The molecule has 3 aliphatic rings. The smallest absolute Gasteiger partial charge is 0.312 e. The molecule has 1 unspecified atom stereocenters. The second-order valence-corrected chi connectivity index (χ2v) is 5.27. The first-order valence-corrected chi connectivity index (χ1v) is 6.03. The molecule has 0 spiro atoms. The van der Waals surface area contributed by atoms with Crippen LogP contribution in [0.3, 0.4) is 0 Å². The fourth-order valence-corrected chi connectivity index (χ4v) is 3.20. The van der Waals surface area contributed by atoms with Crippen molar-refractivity contribution < 1.29 is 19.4 Å². The third kappa shape index (κ3) is 1.47. The molecule has 3 aliphatic carbocycles. The van der Waals surface area contributed by atoms with Gasteiger partial charge in [0.2, 0.25) is 0 Å². The number of ether oxygens (including phenoxy) is 1. The van der Waals surface area contributed by atoms with Gasteiger partial charge in [-0.2, -0.15) is 0 Å². The Morgan fingerprint density at radius 3 is 2.76 bits per heavy atom. The van der Waals surface area contributed by atoms with E-state index in [0.717, 1.165) is 0 Å². The van der Waals surface area contributed by atoms with Crippen LogP contribution >= 0.6 is 11.6 Å². The normalized spacial score (nSPS) is 43.9. The number of esters is 1. The zero-order chi connectivity index (χ0) is 12.8. The predicted octanol–water partition coefficient (Wildman–Crippen LogP) is 0.911. The Labute approximate surface area is 105 Å². The number of ketones is 1. The number of hydrogen-bond acceptors (Lipinski definition) is 4. The second-order valence-electron chi connectivity index (χ2n) is 5.00. The molecule has 0 saturated heterocycles. The molecule has 94 valence electrons. The van der Waals surface area contributed by atoms with Crippen molar-refractivity contribution >= 4 is 23.4 Å². The molecule has 4 nitrogen and oxygen atoms in total. The summed E-state index contributed by atoms with van der Waals surface area (Å²) >= 11 is 5.70. The molecule has 1 fully saturated rings. The van der Waals surface area contributed by atoms with Crippen molar-refractivity contribution in [2.24, 2.45) is 17.3 Å². The summed E-state index contributed by atoms with van der Waals surface area (Å²) in [6, 6.07) is 0. The summed E-state index contributed by atoms with van der Waals surface area (Å²) in [6.07, 6.45) is 3.85. The van der Waals surface area contributed by atoms with Gasteiger partial charge in [-0.25, -0.2) is 0 Å². The first kappa shape index (κ1) is 12.6. The molecule has 0 aromatic rings. The van der Waals surface area contributed by atoms with Crippen molar-refractivity contribution in [2.45, 2.75) is 18.9 Å². The van der Waals surface area contributed by atoms with Crippen LogP contribution in [-0.4, -0.2) is 35.4 Å². The van der Waals surface area contributed by atoms with E-state index >= 15 is 0 Å². The molecular formula is C12H15ClO4. The topological polar surface area (TPSA) is 63.6 Å². The number of allylic oxidation sites excluding steroid dienone is 1. The van der Waals surface area contributed by atoms with Gasteiger partial charge in [-0.3, -0.25) is 9.59 Å². The van der Waals surface area contributed by atoms with Crippen LogP contribution in [0.5, 0.6) is 0 Å². The number of hydrogen-bond donors (Lipinski definition) is 1. The lowest BCUT2D eigenvalue weighted by molar-refractivity contribution is -0.173. The fraction of sp³-hybridized carbons (Fsp3) is 0.667. The highest BCUT2D eigenvalue weighted by Crippen LogP contribution is 2.51. The van der Waals surface area contributed by atoms with Gasteiger partial charge in [-0.1, -0.05) is 12.2 Å². The Morgan fingerprint density at radius 1 is 1.65 bits per heavy atom. The van der Waals surface area contributed by atoms with E-state index in [-0.39, 0.29) is 11.7 Å². The van der Waals surface area contributed by atoms with E-state index in [4.69, 9.17) is 16.3 Å². The van der Waals surface area contributed by atoms with E-state index in [1.807, 2.05) is 0 Å². The van der Waals surface area contributed by atoms with Gasteiger partial charge < -0.3 is 9.84 Å². The SMILES string of the molecule is COC(=O)[C@@]1(C)C[C@H]2C=C[C@@H]1C(=O)C2(O)CCl. The zero-order valence-electron chi connectivity index (χ0n) is 9.77. The number of halogens is 1. The number of methoxy groups -OCH3 is 1. The average Bonchev–Trinajstić information content (AvgIpc) is 2.34. The standard InChI is InChI=1S/C12H15ClO4/c1-11(10(15)17-2)5-7-3-4-8(11)9(14)12(7,16)6-13/h3-4,7-8,16H,5-6H2,1-2H3/t7-,8-,11+,12?/m1/s1. The fourth-order valence-electron chi connectivity index (χ4n) is 2.87. The molecule has 0 aromatic carbocycles. The predicted molar refractivity (Wildman–Crippen MR) is 61.5 cm³/mol. The highest BCUT2D eigenvalue weighted by atomic mass is 35.5. The minimum atomic E-state index is -1.53. The molecule has 1 saturated carbocycles. The Morgan fingerprint density at radius 2 is 2.29 bits per heavy atom. The minimum absolute atomic E-state index is 0.144. The van der Waals surface area contributed by atoms with E-state index in [0.29, 0.717) is 6.42 Å². The van der Waals surface area contributed by atoms with E-state index in [1.54, 1.807) is 19.1 Å². The van der Waals surface area contributed by atoms with Crippen molar-refractivity contribution in [3.8, 4) is 0 Å². The third-order valence-electron chi connectivity index (χ3n) is 4.04. The molecule has 2 bridgehead atoms. The summed E-state index contributed by atoms with van der Waals surface area (Å²) in [5.41, 5.74) is -2.42. The van der Waals surface area contributed by atoms with Gasteiger partial charge >= 0.3 is 5.97 Å². The third-order valence-corrected chi connectivity index (χ3v) is 4.45. The van der Waals surface area contributed by atoms with Gasteiger partial charge in [-0.05, 0) is 13.3 Å². The maximum atomic E-state index is 12.2. The molecular weight excluding hydrogens is 244 g/mol. The molecule has 4 atom stereocenters. The van der Waals surface area contributed by atoms with Gasteiger partial charge in [0.25, 0.3) is 0 Å². The van der Waals surface area contributed by atoms with Crippen molar-refractivity contribution in [2.75, 3.05) is 13.0 Å². The van der Waals surface area contributed by atoms with Crippen LogP contribution in [0.4, 0.5) is 0 Å². The maximum Gasteiger partial charge on any atom is 0.312 e. The zero-order valence-corrected chi connectivity index (χ0v) is 10.5. The van der Waals surface area contributed by atoms with E-state index in [2.05, 4.69) is 0 Å². The number of rotatable bonds is 2. The molecule has 1 N–H and O–H groups in total. The van der Waals surface area contributed by atoms with Gasteiger partial charge in [0, 0.05) is 5.92 Å². The molecule has 0 aliphatic heterocycles. The molecule has 0 heterocycles. The number of alkyl halides is 1. The van der Waals surface area contributed by atoms with Crippen LogP contribution in [0.15, 0.2) is 12.2 Å². The second kappa shape index (κ2) is 3.82. The summed E-state index contributed by atoms with van der Waals surface area (Å²) in [5.74, 6) is -2.00. The first-order valence-electron chi connectivity index (χ1n) is 5.49. The van der Waals surface area contributed by atoms with Crippen molar-refractivity contribution in [3.05, 3.63) is 12.2 Å². The number of carbonyl (C=O) groups excluding carboxylic acids is 2. The minimum Gasteiger partial charge on any atom is -0.469 e. The monoisotopic (exact) mass is 258 g/mol. The number of aliphatic hydroxyl groups is 1. The van der Waals surface area contributed by atoms with Crippen LogP contribution in [0.25, 0.3) is 0 Å². The van der Waals surface area contributed by atoms with Crippen molar-refractivity contribution in [1.29, 1.82) is 0 Å². The average molecular weight is 259 g/mol. The highest BCUT2D eigenvalue weighted by molar-refractivity contribution is 6.21. The Kier molecular flexibility index (Phi) is 2.83. The van der Waals surface area contributed by atoms with E-state index in [1.165, 1.54) is 7.11 Å². The van der Waals surface area contributed by atoms with Crippen LogP contribution in [0.1, 0.15) is 13.3 Å². The van der Waals surface area contributed by atoms with Gasteiger partial charge in [0.15, 0.2) is 5.78 Å². The number of fused-ring (bicyclic) bond motifs is 2. The van der Waals surface area contributed by atoms with Gasteiger partial charge in [0.1, 0.15) is 5.60 Å². The Balaban J connectivity index is 2.43. The highest BCUT2D eigenvalue weighted by Gasteiger charge is 2.61. The van der Waals surface area contributed by atoms with Crippen LogP contribution in [0, 0.1) is 17.3 Å². The van der Waals surface area contributed by atoms with Gasteiger partial charge in [0.05, 0.1) is 24.3 Å². The van der Waals surface area contributed by atoms with E-state index < -0.39 is 28.8 Å². The summed E-state index contributed by atoms with van der Waals surface area (Å²) in [7, 11) is 1.30. The Hall–Kier alpha value is -0.870. The van der Waals surface area contributed by atoms with Crippen LogP contribution in [0.2, 0.25) is 0 Å². The summed E-state index contributed by atoms with van der Waals surface area (Å²) in [4.78, 5) is 24.0. The quantitative estimate of drug-likeness (QED) is 0.454. The summed E-state index contributed by atoms with van der Waals surface area (Å²) < 4.78 is 4.76. The lowest BCUT2D eigenvalue weighted by atomic mass is 9.54. The molecule has 0 amide bonds. The van der Waals surface area contributed by atoms with Crippen LogP contribution in [-0.2, 0) is 14.3 Å². The van der Waals surface area contributed by atoms with Crippen LogP contribution < -0.4 is 0 Å². The number of Topliss-reactive ketones (excluding diaryl/α,β-unsaturated/α-hetero) is 1. The molecule has 17 heavy (non-hydrogen) atoms. The van der Waals surface area contributed by atoms with Crippen molar-refractivity contribution in [3.63, 3.8) is 0 Å². The molecule has 0 radical (unpaired) electrons. The Bertz CT molecular complexity index is 405. The number of carbonyl (C=O) groups is 2. The molecule has 5 heteroatoms. The summed E-state index contributed by atoms with van der Waals surface area (Å²) in [6.45, 7) is 1.70. The lowest BCUT2D eigenvalue weighted by Gasteiger charge is -2.50. The molecule has 0 aromatic heterocycles. The lowest BCUT2D eigenvalue weighted by Crippen LogP contribution is -2.62.